The van der Waals surface area contributed by atoms with Gasteiger partial charge in [0.25, 0.3) is 11.5 Å². The summed E-state index contributed by atoms with van der Waals surface area (Å²) in [4.78, 5) is 32.6. The van der Waals surface area contributed by atoms with Crippen LogP contribution in [0.3, 0.4) is 0 Å². The third-order valence-corrected chi connectivity index (χ3v) is 6.24. The average molecular weight is 477 g/mol. The van der Waals surface area contributed by atoms with Gasteiger partial charge in [0.2, 0.25) is 6.79 Å². The molecule has 3 heterocycles. The molecule has 2 N–H and O–H groups in total. The zero-order chi connectivity index (χ0) is 24.2. The molecule has 1 fully saturated rings. The molecular weight excluding hydrogens is 448 g/mol. The molecule has 0 radical (unpaired) electrons. The lowest BCUT2D eigenvalue weighted by atomic mass is 10.0. The van der Waals surface area contributed by atoms with E-state index in [1.54, 1.807) is 30.5 Å². The predicted octanol–water partition coefficient (Wildman–Crippen LogP) is 2.65. The van der Waals surface area contributed by atoms with Gasteiger partial charge in [0.05, 0.1) is 0 Å². The number of nitrogens with one attached hydrogen (secondary N) is 2. The van der Waals surface area contributed by atoms with Gasteiger partial charge in [-0.1, -0.05) is 6.07 Å². The number of rotatable bonds is 7. The molecule has 0 spiro atoms. The predicted molar refractivity (Wildman–Crippen MR) is 132 cm³/mol. The summed E-state index contributed by atoms with van der Waals surface area (Å²) in [5.41, 5.74) is 1.63. The van der Waals surface area contributed by atoms with Gasteiger partial charge in [-0.25, -0.2) is 0 Å². The van der Waals surface area contributed by atoms with Crippen molar-refractivity contribution in [3.63, 3.8) is 0 Å². The summed E-state index contributed by atoms with van der Waals surface area (Å²) in [6, 6.07) is 14.2. The fraction of sp³-hybridized carbons (Fsp3) is 0.308. The fourth-order valence-corrected chi connectivity index (χ4v) is 4.09. The minimum absolute atomic E-state index is 0.0210. The number of carbonyl (C=O) groups is 1. The Morgan fingerprint density at radius 2 is 1.77 bits per heavy atom. The number of pyridine rings is 1. The molecule has 3 aromatic rings. The number of hydrogen-bond acceptors (Lipinski definition) is 7. The average Bonchev–Trinajstić information content (AvgIpc) is 3.34. The first-order valence-corrected chi connectivity index (χ1v) is 11.6. The van der Waals surface area contributed by atoms with Gasteiger partial charge >= 0.3 is 0 Å². The topological polar surface area (TPSA) is 96.1 Å². The van der Waals surface area contributed by atoms with Crippen LogP contribution in [-0.2, 0) is 0 Å². The summed E-state index contributed by atoms with van der Waals surface area (Å²) < 4.78 is 16.6. The molecule has 1 amide bonds. The Bertz CT molecular complexity index is 1250. The number of piperazine rings is 1. The van der Waals surface area contributed by atoms with Gasteiger partial charge in [-0.15, -0.1) is 0 Å². The summed E-state index contributed by atoms with van der Waals surface area (Å²) in [7, 11) is 2.14. The van der Waals surface area contributed by atoms with Gasteiger partial charge in [-0.2, -0.15) is 0 Å². The van der Waals surface area contributed by atoms with Gasteiger partial charge in [0.1, 0.15) is 17.9 Å². The zero-order valence-electron chi connectivity index (χ0n) is 19.6. The number of hydrogen-bond donors (Lipinski definition) is 2. The van der Waals surface area contributed by atoms with Crippen molar-refractivity contribution in [2.45, 2.75) is 0 Å². The fourth-order valence-electron chi connectivity index (χ4n) is 4.09. The molecule has 35 heavy (non-hydrogen) atoms. The summed E-state index contributed by atoms with van der Waals surface area (Å²) in [6.45, 7) is 5.94. The number of carbonyl (C=O) groups excluding carboxylic acids is 1. The van der Waals surface area contributed by atoms with E-state index < -0.39 is 11.5 Å². The normalized spacial score (nSPS) is 15.7. The minimum Gasteiger partial charge on any atom is -0.492 e. The number of benzene rings is 2. The number of likely N-dealkylation sites (N-methyl/N-ethyl adjacent to an activating group) is 1. The number of ether oxygens (including phenoxy) is 3. The first-order valence-electron chi connectivity index (χ1n) is 11.6. The van der Waals surface area contributed by atoms with Crippen molar-refractivity contribution in [3.05, 3.63) is 70.6 Å². The highest BCUT2D eigenvalue weighted by Crippen LogP contribution is 2.35. The number of aromatic nitrogens is 1. The summed E-state index contributed by atoms with van der Waals surface area (Å²) in [5.74, 6) is 1.55. The van der Waals surface area contributed by atoms with E-state index in [0.717, 1.165) is 44.0 Å². The molecule has 0 aliphatic carbocycles. The lowest BCUT2D eigenvalue weighted by Crippen LogP contribution is -2.45. The van der Waals surface area contributed by atoms with Gasteiger partial charge in [0, 0.05) is 44.6 Å². The number of aromatic amines is 1. The first-order chi connectivity index (χ1) is 17.0. The molecule has 0 saturated carbocycles. The highest BCUT2D eigenvalue weighted by molar-refractivity contribution is 6.04. The van der Waals surface area contributed by atoms with Gasteiger partial charge in [0.15, 0.2) is 11.5 Å². The van der Waals surface area contributed by atoms with Crippen molar-refractivity contribution in [1.82, 2.24) is 14.8 Å². The summed E-state index contributed by atoms with van der Waals surface area (Å²) >= 11 is 0. The Morgan fingerprint density at radius 3 is 2.57 bits per heavy atom. The van der Waals surface area contributed by atoms with Crippen LogP contribution < -0.4 is 25.1 Å². The second-order valence-electron chi connectivity index (χ2n) is 8.67. The number of fused-ring (bicyclic) bond motifs is 1. The summed E-state index contributed by atoms with van der Waals surface area (Å²) in [5, 5.41) is 2.79. The van der Waals surface area contributed by atoms with Crippen LogP contribution in [0.2, 0.25) is 0 Å². The largest absolute Gasteiger partial charge is 0.492 e. The smallest absolute Gasteiger partial charge is 0.261 e. The number of nitrogens with zero attached hydrogens (tertiary/aromatic N) is 2. The molecule has 2 aliphatic rings. The van der Waals surface area contributed by atoms with E-state index in [9.17, 15) is 9.59 Å². The highest BCUT2D eigenvalue weighted by Gasteiger charge is 2.17. The van der Waals surface area contributed by atoms with Crippen molar-refractivity contribution in [2.75, 3.05) is 58.5 Å². The number of anilines is 1. The number of H-pyrrole nitrogens is 1. The van der Waals surface area contributed by atoms with Crippen LogP contribution in [0.4, 0.5) is 5.69 Å². The zero-order valence-corrected chi connectivity index (χ0v) is 19.6. The maximum absolute atomic E-state index is 12.8. The van der Waals surface area contributed by atoms with E-state index in [-0.39, 0.29) is 12.4 Å². The van der Waals surface area contributed by atoms with Crippen molar-refractivity contribution < 1.29 is 19.0 Å². The first kappa shape index (κ1) is 22.9. The third-order valence-electron chi connectivity index (χ3n) is 6.24. The van der Waals surface area contributed by atoms with Crippen molar-refractivity contribution in [2.24, 2.45) is 0 Å². The Morgan fingerprint density at radius 1 is 1.00 bits per heavy atom. The molecule has 9 nitrogen and oxygen atoms in total. The Kier molecular flexibility index (Phi) is 6.69. The van der Waals surface area contributed by atoms with E-state index >= 15 is 0 Å². The van der Waals surface area contributed by atoms with Crippen LogP contribution in [0.25, 0.3) is 11.1 Å². The van der Waals surface area contributed by atoms with E-state index in [2.05, 4.69) is 27.1 Å². The second-order valence-corrected chi connectivity index (χ2v) is 8.67. The van der Waals surface area contributed by atoms with E-state index in [4.69, 9.17) is 14.2 Å². The quantitative estimate of drug-likeness (QED) is 0.541. The third kappa shape index (κ3) is 5.47. The standard InChI is InChI=1S/C26H28N4O5/c1-29-8-10-30(11-9-29)12-13-33-21-5-3-20(4-6-21)28-26(32)22-14-19(16-27-25(22)31)18-2-7-23-24(15-18)35-17-34-23/h2-7,14-16H,8-13,17H2,1H3,(H,27,31)(H,28,32). The Labute approximate surface area is 203 Å². The van der Waals surface area contributed by atoms with E-state index in [1.165, 1.54) is 0 Å². The molecule has 2 aliphatic heterocycles. The molecule has 0 atom stereocenters. The second kappa shape index (κ2) is 10.2. The maximum atomic E-state index is 12.8. The van der Waals surface area contributed by atoms with Crippen molar-refractivity contribution in [3.8, 4) is 28.4 Å². The Hall–Kier alpha value is -3.82. The maximum Gasteiger partial charge on any atom is 0.261 e. The highest BCUT2D eigenvalue weighted by atomic mass is 16.7. The molecule has 9 heteroatoms. The van der Waals surface area contributed by atoms with Crippen molar-refractivity contribution in [1.29, 1.82) is 0 Å². The van der Waals surface area contributed by atoms with Gasteiger partial charge in [-0.3, -0.25) is 14.5 Å². The SMILES string of the molecule is CN1CCN(CCOc2ccc(NC(=O)c3cc(-c4ccc5c(c4)OCO5)c[nH]c3=O)cc2)CC1. The summed E-state index contributed by atoms with van der Waals surface area (Å²) in [6.07, 6.45) is 1.57. The van der Waals surface area contributed by atoms with E-state index in [1.807, 2.05) is 24.3 Å². The van der Waals surface area contributed by atoms with Gasteiger partial charge in [-0.05, 0) is 60.6 Å². The van der Waals surface area contributed by atoms with Crippen LogP contribution in [0.5, 0.6) is 17.2 Å². The lowest BCUT2D eigenvalue weighted by molar-refractivity contribution is 0.102. The van der Waals surface area contributed by atoms with Gasteiger partial charge < -0.3 is 29.4 Å². The Balaban J connectivity index is 1.19. The minimum atomic E-state index is -0.488. The molecule has 1 saturated heterocycles. The van der Waals surface area contributed by atoms with Crippen LogP contribution >= 0.6 is 0 Å². The lowest BCUT2D eigenvalue weighted by Gasteiger charge is -2.32. The molecular formula is C26H28N4O5. The van der Waals surface area contributed by atoms with E-state index in [0.29, 0.717) is 29.4 Å². The van der Waals surface area contributed by atoms with Crippen LogP contribution in [0, 0.1) is 0 Å². The molecule has 1 aromatic heterocycles. The van der Waals surface area contributed by atoms with Crippen molar-refractivity contribution >= 4 is 11.6 Å². The molecule has 0 unspecified atom stereocenters. The van der Waals surface area contributed by atoms with Crippen LogP contribution in [-0.4, -0.2) is 73.9 Å². The molecule has 2 aromatic carbocycles. The molecule has 182 valence electrons. The molecule has 5 rings (SSSR count). The molecule has 0 bridgehead atoms. The monoisotopic (exact) mass is 476 g/mol. The van der Waals surface area contributed by atoms with Crippen LogP contribution in [0.1, 0.15) is 10.4 Å². The number of amides is 1. The van der Waals surface area contributed by atoms with Crippen LogP contribution in [0.15, 0.2) is 59.5 Å².